The van der Waals surface area contributed by atoms with E-state index in [2.05, 4.69) is 13.8 Å². The van der Waals surface area contributed by atoms with E-state index in [4.69, 9.17) is 0 Å². The smallest absolute Gasteiger partial charge is 0.119 e. The second-order valence-electron chi connectivity index (χ2n) is 5.09. The minimum atomic E-state index is 0.750. The SMILES string of the molecule is CCCCCCC=O.CCCCCCCCCC=O. The Morgan fingerprint density at radius 3 is 1.21 bits per heavy atom. The highest BCUT2D eigenvalue weighted by Crippen LogP contribution is 2.07. The highest BCUT2D eigenvalue weighted by Gasteiger charge is 1.89. The lowest BCUT2D eigenvalue weighted by atomic mass is 10.1. The predicted molar refractivity (Wildman–Crippen MR) is 83.5 cm³/mol. The first-order chi connectivity index (χ1) is 9.33. The Balaban J connectivity index is 0. The van der Waals surface area contributed by atoms with E-state index in [1.807, 2.05) is 0 Å². The van der Waals surface area contributed by atoms with E-state index in [1.54, 1.807) is 0 Å². The Kier molecular flexibility index (Phi) is 24.5. The third kappa shape index (κ3) is 26.8. The monoisotopic (exact) mass is 270 g/mol. The molecule has 0 heterocycles. The second-order valence-corrected chi connectivity index (χ2v) is 5.09. The zero-order valence-corrected chi connectivity index (χ0v) is 13.2. The van der Waals surface area contributed by atoms with Crippen LogP contribution in [0.4, 0.5) is 0 Å². The fourth-order valence-corrected chi connectivity index (χ4v) is 1.84. The topological polar surface area (TPSA) is 34.1 Å². The maximum absolute atomic E-state index is 9.94. The van der Waals surface area contributed by atoms with Crippen LogP contribution < -0.4 is 0 Å². The van der Waals surface area contributed by atoms with Crippen LogP contribution in [0.25, 0.3) is 0 Å². The van der Waals surface area contributed by atoms with Gasteiger partial charge < -0.3 is 9.59 Å². The summed E-state index contributed by atoms with van der Waals surface area (Å²) in [5.41, 5.74) is 0. The average Bonchev–Trinajstić information content (AvgIpc) is 2.44. The van der Waals surface area contributed by atoms with E-state index in [9.17, 15) is 9.59 Å². The Morgan fingerprint density at radius 2 is 0.842 bits per heavy atom. The van der Waals surface area contributed by atoms with Crippen LogP contribution in [-0.4, -0.2) is 12.6 Å². The van der Waals surface area contributed by atoms with Crippen molar-refractivity contribution in [1.29, 1.82) is 0 Å². The summed E-state index contributed by atoms with van der Waals surface area (Å²) in [5, 5.41) is 0. The van der Waals surface area contributed by atoms with E-state index < -0.39 is 0 Å². The molecule has 0 aromatic carbocycles. The summed E-state index contributed by atoms with van der Waals surface area (Å²) in [4.78, 5) is 19.7. The minimum Gasteiger partial charge on any atom is -0.303 e. The molecule has 0 atom stereocenters. The van der Waals surface area contributed by atoms with Crippen molar-refractivity contribution >= 4 is 12.6 Å². The van der Waals surface area contributed by atoms with Gasteiger partial charge in [-0.05, 0) is 12.8 Å². The predicted octanol–water partition coefficient (Wildman–Crippen LogP) is 5.48. The van der Waals surface area contributed by atoms with Crippen molar-refractivity contribution in [3.63, 3.8) is 0 Å². The number of aldehydes is 2. The van der Waals surface area contributed by atoms with Crippen LogP contribution in [0.1, 0.15) is 97.3 Å². The van der Waals surface area contributed by atoms with Gasteiger partial charge in [0.1, 0.15) is 12.6 Å². The first-order valence-electron chi connectivity index (χ1n) is 8.20. The molecule has 0 bridgehead atoms. The van der Waals surface area contributed by atoms with Crippen molar-refractivity contribution in [2.75, 3.05) is 0 Å². The largest absolute Gasteiger partial charge is 0.303 e. The van der Waals surface area contributed by atoms with Crippen LogP contribution >= 0.6 is 0 Å². The molecule has 0 aromatic rings. The van der Waals surface area contributed by atoms with Gasteiger partial charge in [-0.1, -0.05) is 71.6 Å². The molecular formula is C17H34O2. The van der Waals surface area contributed by atoms with Gasteiger partial charge in [0.2, 0.25) is 0 Å². The molecule has 0 aromatic heterocycles. The van der Waals surface area contributed by atoms with Crippen LogP contribution in [0.2, 0.25) is 0 Å². The molecule has 0 rings (SSSR count). The lowest BCUT2D eigenvalue weighted by Gasteiger charge is -1.97. The van der Waals surface area contributed by atoms with E-state index in [0.717, 1.165) is 38.3 Å². The third-order valence-electron chi connectivity index (χ3n) is 3.10. The maximum atomic E-state index is 9.94. The van der Waals surface area contributed by atoms with Gasteiger partial charge in [0.15, 0.2) is 0 Å². The Labute approximate surface area is 120 Å². The molecule has 0 spiro atoms. The molecule has 0 aliphatic carbocycles. The molecule has 0 N–H and O–H groups in total. The Morgan fingerprint density at radius 1 is 0.526 bits per heavy atom. The van der Waals surface area contributed by atoms with Gasteiger partial charge in [-0.2, -0.15) is 0 Å². The van der Waals surface area contributed by atoms with E-state index in [1.165, 1.54) is 57.8 Å². The first kappa shape index (κ1) is 20.7. The molecule has 0 saturated heterocycles. The second kappa shape index (κ2) is 22.5. The Hall–Kier alpha value is -0.660. The van der Waals surface area contributed by atoms with E-state index in [-0.39, 0.29) is 0 Å². The van der Waals surface area contributed by atoms with Gasteiger partial charge in [-0.25, -0.2) is 0 Å². The number of carbonyl (C=O) groups is 2. The summed E-state index contributed by atoms with van der Waals surface area (Å²) in [6.07, 6.45) is 17.4. The highest BCUT2D eigenvalue weighted by molar-refractivity contribution is 5.49. The summed E-state index contributed by atoms with van der Waals surface area (Å²) < 4.78 is 0. The molecule has 2 heteroatoms. The van der Waals surface area contributed by atoms with E-state index >= 15 is 0 Å². The molecule has 19 heavy (non-hydrogen) atoms. The quantitative estimate of drug-likeness (QED) is 0.328. The summed E-state index contributed by atoms with van der Waals surface area (Å²) in [5.74, 6) is 0. The molecule has 0 saturated carbocycles. The molecule has 0 aliphatic heterocycles. The lowest BCUT2D eigenvalue weighted by Crippen LogP contribution is -1.80. The molecule has 114 valence electrons. The van der Waals surface area contributed by atoms with Crippen LogP contribution in [0.15, 0.2) is 0 Å². The van der Waals surface area contributed by atoms with Crippen LogP contribution in [0.3, 0.4) is 0 Å². The third-order valence-corrected chi connectivity index (χ3v) is 3.10. The fourth-order valence-electron chi connectivity index (χ4n) is 1.84. The summed E-state index contributed by atoms with van der Waals surface area (Å²) in [7, 11) is 0. The van der Waals surface area contributed by atoms with E-state index in [0.29, 0.717) is 0 Å². The van der Waals surface area contributed by atoms with Crippen LogP contribution in [0, 0.1) is 0 Å². The standard InChI is InChI=1S/C10H20O.C7H14O/c1-2-3-4-5-6-7-8-9-10-11;1-2-3-4-5-6-7-8/h10H,2-9H2,1H3;7H,2-6H2,1H3. The first-order valence-corrected chi connectivity index (χ1v) is 8.20. The summed E-state index contributed by atoms with van der Waals surface area (Å²) >= 11 is 0. The van der Waals surface area contributed by atoms with Gasteiger partial charge in [-0.3, -0.25) is 0 Å². The highest BCUT2D eigenvalue weighted by atomic mass is 16.1. The molecular weight excluding hydrogens is 236 g/mol. The zero-order valence-electron chi connectivity index (χ0n) is 13.2. The number of carbonyl (C=O) groups excluding carboxylic acids is 2. The van der Waals surface area contributed by atoms with Gasteiger partial charge in [-0.15, -0.1) is 0 Å². The number of rotatable bonds is 13. The number of hydrogen-bond donors (Lipinski definition) is 0. The molecule has 0 radical (unpaired) electrons. The van der Waals surface area contributed by atoms with Crippen LogP contribution in [0.5, 0.6) is 0 Å². The van der Waals surface area contributed by atoms with Crippen molar-refractivity contribution in [3.05, 3.63) is 0 Å². The van der Waals surface area contributed by atoms with Gasteiger partial charge in [0.05, 0.1) is 0 Å². The average molecular weight is 270 g/mol. The lowest BCUT2D eigenvalue weighted by molar-refractivity contribution is -0.108. The van der Waals surface area contributed by atoms with Gasteiger partial charge in [0.25, 0.3) is 0 Å². The number of hydrogen-bond acceptors (Lipinski definition) is 2. The minimum absolute atomic E-state index is 0.750. The van der Waals surface area contributed by atoms with Crippen molar-refractivity contribution in [2.24, 2.45) is 0 Å². The maximum Gasteiger partial charge on any atom is 0.119 e. The van der Waals surface area contributed by atoms with Gasteiger partial charge in [0, 0.05) is 12.8 Å². The van der Waals surface area contributed by atoms with Crippen molar-refractivity contribution in [2.45, 2.75) is 97.3 Å². The van der Waals surface area contributed by atoms with Crippen LogP contribution in [-0.2, 0) is 9.59 Å². The normalized spacial score (nSPS) is 9.58. The van der Waals surface area contributed by atoms with Crippen molar-refractivity contribution in [1.82, 2.24) is 0 Å². The van der Waals surface area contributed by atoms with Crippen molar-refractivity contribution in [3.8, 4) is 0 Å². The fraction of sp³-hybridized carbons (Fsp3) is 0.882. The zero-order chi connectivity index (χ0) is 14.6. The molecule has 2 nitrogen and oxygen atoms in total. The molecule has 0 aliphatic rings. The molecule has 0 amide bonds. The summed E-state index contributed by atoms with van der Waals surface area (Å²) in [6.45, 7) is 4.40. The molecule has 0 unspecified atom stereocenters. The Bertz CT molecular complexity index is 167. The summed E-state index contributed by atoms with van der Waals surface area (Å²) in [6, 6.07) is 0. The molecule has 0 fully saturated rings. The van der Waals surface area contributed by atoms with Gasteiger partial charge >= 0.3 is 0 Å². The van der Waals surface area contributed by atoms with Crippen molar-refractivity contribution < 1.29 is 9.59 Å². The number of unbranched alkanes of at least 4 members (excludes halogenated alkanes) is 11.